The van der Waals surface area contributed by atoms with E-state index in [4.69, 9.17) is 4.74 Å². The standard InChI is InChI=1S/C14H19BrO2/c1-5-17-13(16)12(15)10-6-8-11(9-7-10)14(2,3)4/h6-9,12H,5H2,1-4H3. The Morgan fingerprint density at radius 2 is 1.82 bits per heavy atom. The SMILES string of the molecule is CCOC(=O)C(Br)c1ccc(C(C)(C)C)cc1. The number of alkyl halides is 1. The van der Waals surface area contributed by atoms with Crippen LogP contribution in [0.15, 0.2) is 24.3 Å². The third-order valence-corrected chi connectivity index (χ3v) is 3.47. The van der Waals surface area contributed by atoms with Crippen molar-refractivity contribution < 1.29 is 9.53 Å². The highest BCUT2D eigenvalue weighted by atomic mass is 79.9. The van der Waals surface area contributed by atoms with Gasteiger partial charge in [0.2, 0.25) is 0 Å². The average Bonchev–Trinajstić information content (AvgIpc) is 2.27. The average molecular weight is 299 g/mol. The van der Waals surface area contributed by atoms with Gasteiger partial charge in [-0.3, -0.25) is 4.79 Å². The zero-order chi connectivity index (χ0) is 13.1. The van der Waals surface area contributed by atoms with Gasteiger partial charge in [0, 0.05) is 0 Å². The number of hydrogen-bond donors (Lipinski definition) is 0. The zero-order valence-electron chi connectivity index (χ0n) is 10.8. The second kappa shape index (κ2) is 5.67. The maximum absolute atomic E-state index is 11.6. The van der Waals surface area contributed by atoms with E-state index < -0.39 is 0 Å². The van der Waals surface area contributed by atoms with Gasteiger partial charge in [-0.2, -0.15) is 0 Å². The molecule has 0 aromatic heterocycles. The molecule has 1 unspecified atom stereocenters. The quantitative estimate of drug-likeness (QED) is 0.623. The van der Waals surface area contributed by atoms with Crippen LogP contribution in [0.2, 0.25) is 0 Å². The smallest absolute Gasteiger partial charge is 0.324 e. The molecule has 0 aliphatic carbocycles. The fourth-order valence-corrected chi connectivity index (χ4v) is 1.94. The summed E-state index contributed by atoms with van der Waals surface area (Å²) < 4.78 is 4.97. The van der Waals surface area contributed by atoms with Crippen molar-refractivity contribution in [2.24, 2.45) is 0 Å². The van der Waals surface area contributed by atoms with Gasteiger partial charge in [0.15, 0.2) is 0 Å². The Balaban J connectivity index is 2.84. The largest absolute Gasteiger partial charge is 0.465 e. The second-order valence-electron chi connectivity index (χ2n) is 4.99. The van der Waals surface area contributed by atoms with Crippen LogP contribution in [0.5, 0.6) is 0 Å². The predicted molar refractivity (Wildman–Crippen MR) is 73.4 cm³/mol. The van der Waals surface area contributed by atoms with E-state index in [1.54, 1.807) is 6.92 Å². The molecule has 0 fully saturated rings. The Labute approximate surface area is 111 Å². The van der Waals surface area contributed by atoms with Gasteiger partial charge in [-0.25, -0.2) is 0 Å². The number of rotatable bonds is 3. The molecule has 1 aromatic carbocycles. The number of carbonyl (C=O) groups excluding carboxylic acids is 1. The van der Waals surface area contributed by atoms with Gasteiger partial charge >= 0.3 is 5.97 Å². The monoisotopic (exact) mass is 298 g/mol. The van der Waals surface area contributed by atoms with Gasteiger partial charge in [0.05, 0.1) is 6.61 Å². The first-order valence-electron chi connectivity index (χ1n) is 5.77. The van der Waals surface area contributed by atoms with Crippen LogP contribution >= 0.6 is 15.9 Å². The summed E-state index contributed by atoms with van der Waals surface area (Å²) in [5, 5.41) is 0. The van der Waals surface area contributed by atoms with Crippen LogP contribution in [-0.2, 0) is 14.9 Å². The van der Waals surface area contributed by atoms with E-state index in [2.05, 4.69) is 48.8 Å². The first-order valence-corrected chi connectivity index (χ1v) is 6.69. The van der Waals surface area contributed by atoms with Gasteiger partial charge in [-0.05, 0) is 23.5 Å². The third-order valence-electron chi connectivity index (χ3n) is 2.56. The van der Waals surface area contributed by atoms with Gasteiger partial charge in [0.25, 0.3) is 0 Å². The van der Waals surface area contributed by atoms with Crippen molar-refractivity contribution in [1.82, 2.24) is 0 Å². The fraction of sp³-hybridized carbons (Fsp3) is 0.500. The minimum atomic E-state index is -0.378. The molecule has 1 atom stereocenters. The molecule has 0 bridgehead atoms. The first-order chi connectivity index (χ1) is 7.86. The molecule has 0 N–H and O–H groups in total. The number of ether oxygens (including phenoxy) is 1. The van der Waals surface area contributed by atoms with Crippen LogP contribution in [0.4, 0.5) is 0 Å². The summed E-state index contributed by atoms with van der Waals surface area (Å²) in [6.07, 6.45) is 0. The lowest BCUT2D eigenvalue weighted by atomic mass is 9.86. The summed E-state index contributed by atoms with van der Waals surface area (Å²) in [5.74, 6) is -0.240. The molecule has 0 aliphatic rings. The van der Waals surface area contributed by atoms with Crippen molar-refractivity contribution in [2.45, 2.75) is 37.9 Å². The van der Waals surface area contributed by atoms with E-state index >= 15 is 0 Å². The minimum absolute atomic E-state index is 0.129. The maximum Gasteiger partial charge on any atom is 0.324 e. The van der Waals surface area contributed by atoms with Gasteiger partial charge < -0.3 is 4.74 Å². The highest BCUT2D eigenvalue weighted by molar-refractivity contribution is 9.09. The number of carbonyl (C=O) groups is 1. The van der Waals surface area contributed by atoms with Crippen LogP contribution in [-0.4, -0.2) is 12.6 Å². The molecule has 0 aliphatic heterocycles. The summed E-state index contributed by atoms with van der Waals surface area (Å²) in [5.41, 5.74) is 2.31. The number of esters is 1. The lowest BCUT2D eigenvalue weighted by Gasteiger charge is -2.19. The van der Waals surface area contributed by atoms with Crippen LogP contribution < -0.4 is 0 Å². The highest BCUT2D eigenvalue weighted by Crippen LogP contribution is 2.28. The maximum atomic E-state index is 11.6. The van der Waals surface area contributed by atoms with E-state index in [9.17, 15) is 4.79 Å². The Bertz CT molecular complexity index is 376. The second-order valence-corrected chi connectivity index (χ2v) is 5.90. The van der Waals surface area contributed by atoms with E-state index in [-0.39, 0.29) is 16.2 Å². The molecule has 0 saturated carbocycles. The van der Waals surface area contributed by atoms with Crippen molar-refractivity contribution in [3.05, 3.63) is 35.4 Å². The molecule has 0 amide bonds. The van der Waals surface area contributed by atoms with Crippen LogP contribution in [0.1, 0.15) is 43.6 Å². The molecule has 94 valence electrons. The fourth-order valence-electron chi connectivity index (χ4n) is 1.50. The van der Waals surface area contributed by atoms with Gasteiger partial charge in [-0.1, -0.05) is 61.0 Å². The zero-order valence-corrected chi connectivity index (χ0v) is 12.4. The Morgan fingerprint density at radius 1 is 1.29 bits per heavy atom. The molecule has 0 saturated heterocycles. The lowest BCUT2D eigenvalue weighted by molar-refractivity contribution is -0.142. The van der Waals surface area contributed by atoms with E-state index in [1.807, 2.05) is 12.1 Å². The molecule has 17 heavy (non-hydrogen) atoms. The Kier molecular flexibility index (Phi) is 4.75. The van der Waals surface area contributed by atoms with Crippen LogP contribution in [0.25, 0.3) is 0 Å². The highest BCUT2D eigenvalue weighted by Gasteiger charge is 2.19. The van der Waals surface area contributed by atoms with Crippen LogP contribution in [0, 0.1) is 0 Å². The number of benzene rings is 1. The first kappa shape index (κ1) is 14.2. The van der Waals surface area contributed by atoms with Crippen molar-refractivity contribution in [2.75, 3.05) is 6.61 Å². The summed E-state index contributed by atoms with van der Waals surface area (Å²) in [7, 11) is 0. The summed E-state index contributed by atoms with van der Waals surface area (Å²) in [6, 6.07) is 8.06. The molecule has 0 heterocycles. The van der Waals surface area contributed by atoms with Crippen molar-refractivity contribution in [3.63, 3.8) is 0 Å². The van der Waals surface area contributed by atoms with Crippen LogP contribution in [0.3, 0.4) is 0 Å². The Hall–Kier alpha value is -0.830. The third kappa shape index (κ3) is 3.84. The van der Waals surface area contributed by atoms with Crippen molar-refractivity contribution in [3.8, 4) is 0 Å². The van der Waals surface area contributed by atoms with E-state index in [0.29, 0.717) is 6.61 Å². The molecular formula is C14H19BrO2. The normalized spacial score (nSPS) is 13.2. The van der Waals surface area contributed by atoms with Crippen molar-refractivity contribution in [1.29, 1.82) is 0 Å². The summed E-state index contributed by atoms with van der Waals surface area (Å²) >= 11 is 3.35. The van der Waals surface area contributed by atoms with Gasteiger partial charge in [0.1, 0.15) is 4.83 Å². The summed E-state index contributed by atoms with van der Waals surface area (Å²) in [6.45, 7) is 8.71. The molecule has 3 heteroatoms. The predicted octanol–water partition coefficient (Wildman–Crippen LogP) is 3.98. The number of halogens is 1. The minimum Gasteiger partial charge on any atom is -0.465 e. The molecule has 2 nitrogen and oxygen atoms in total. The van der Waals surface area contributed by atoms with E-state index in [1.165, 1.54) is 5.56 Å². The number of hydrogen-bond acceptors (Lipinski definition) is 2. The molecule has 0 radical (unpaired) electrons. The molecule has 1 rings (SSSR count). The molecule has 0 spiro atoms. The lowest BCUT2D eigenvalue weighted by Crippen LogP contribution is -2.13. The Morgan fingerprint density at radius 3 is 2.24 bits per heavy atom. The molecular weight excluding hydrogens is 280 g/mol. The van der Waals surface area contributed by atoms with Gasteiger partial charge in [-0.15, -0.1) is 0 Å². The molecule has 1 aromatic rings. The topological polar surface area (TPSA) is 26.3 Å². The van der Waals surface area contributed by atoms with Crippen molar-refractivity contribution >= 4 is 21.9 Å². The summed E-state index contributed by atoms with van der Waals surface area (Å²) in [4.78, 5) is 11.2. The van der Waals surface area contributed by atoms with E-state index in [0.717, 1.165) is 5.56 Å².